The lowest BCUT2D eigenvalue weighted by Gasteiger charge is -2.19. The summed E-state index contributed by atoms with van der Waals surface area (Å²) in [6.07, 6.45) is 0. The van der Waals surface area contributed by atoms with Crippen LogP contribution in [0, 0.1) is 0 Å². The van der Waals surface area contributed by atoms with Crippen LogP contribution in [0.5, 0.6) is 0 Å². The lowest BCUT2D eigenvalue weighted by Crippen LogP contribution is -2.19. The van der Waals surface area contributed by atoms with Gasteiger partial charge in [-0.1, -0.05) is 34.1 Å². The molecule has 0 fully saturated rings. The Morgan fingerprint density at radius 1 is 1.32 bits per heavy atom. The van der Waals surface area contributed by atoms with Gasteiger partial charge in [-0.05, 0) is 11.6 Å². The molecule has 100 valence electrons. The summed E-state index contributed by atoms with van der Waals surface area (Å²) in [5.74, 6) is 1.76. The first-order chi connectivity index (χ1) is 9.10. The van der Waals surface area contributed by atoms with E-state index in [1.165, 1.54) is 5.56 Å². The Morgan fingerprint density at radius 3 is 2.74 bits per heavy atom. The van der Waals surface area contributed by atoms with Crippen LogP contribution in [0.15, 0.2) is 34.8 Å². The largest absolute Gasteiger partial charge is 0.373 e. The average molecular weight is 322 g/mol. The van der Waals surface area contributed by atoms with E-state index in [2.05, 4.69) is 37.3 Å². The molecule has 0 aliphatic carbocycles. The van der Waals surface area contributed by atoms with Crippen LogP contribution in [0.4, 0.5) is 17.6 Å². The number of anilines is 3. The van der Waals surface area contributed by atoms with Crippen LogP contribution in [0.3, 0.4) is 0 Å². The van der Waals surface area contributed by atoms with Gasteiger partial charge in [0.25, 0.3) is 0 Å². The van der Waals surface area contributed by atoms with Crippen molar-refractivity contribution in [2.75, 3.05) is 30.0 Å². The number of nitrogens with two attached hydrogens (primary N) is 1. The van der Waals surface area contributed by atoms with Crippen molar-refractivity contribution < 1.29 is 0 Å². The third-order valence-electron chi connectivity index (χ3n) is 2.74. The predicted octanol–water partition coefficient (Wildman–Crippen LogP) is 2.50. The summed E-state index contributed by atoms with van der Waals surface area (Å²) in [7, 11) is 3.78. The van der Waals surface area contributed by atoms with Crippen LogP contribution in [-0.4, -0.2) is 24.1 Å². The van der Waals surface area contributed by atoms with E-state index in [1.807, 2.05) is 36.2 Å². The van der Waals surface area contributed by atoms with Gasteiger partial charge in [-0.15, -0.1) is 0 Å². The van der Waals surface area contributed by atoms with Crippen molar-refractivity contribution in [3.63, 3.8) is 0 Å². The standard InChI is InChI=1S/C13H16BrN5/c1-16-11-7-12(18-13(15)17-11)19(2)8-9-5-3-4-6-10(9)14/h3-7H,8H2,1-2H3,(H3,15,16,17,18). The lowest BCUT2D eigenvalue weighted by atomic mass is 10.2. The number of hydrogen-bond donors (Lipinski definition) is 2. The van der Waals surface area contributed by atoms with Crippen LogP contribution in [-0.2, 0) is 6.54 Å². The van der Waals surface area contributed by atoms with Crippen LogP contribution in [0.2, 0.25) is 0 Å². The predicted molar refractivity (Wildman–Crippen MR) is 82.2 cm³/mol. The summed E-state index contributed by atoms with van der Waals surface area (Å²) in [6.45, 7) is 0.737. The maximum absolute atomic E-state index is 5.70. The maximum Gasteiger partial charge on any atom is 0.223 e. The van der Waals surface area contributed by atoms with Crippen molar-refractivity contribution in [1.29, 1.82) is 0 Å². The van der Waals surface area contributed by atoms with Crippen molar-refractivity contribution >= 4 is 33.5 Å². The summed E-state index contributed by atoms with van der Waals surface area (Å²) in [5, 5.41) is 2.97. The molecule has 0 aliphatic heterocycles. The third-order valence-corrected chi connectivity index (χ3v) is 3.52. The number of nitrogens with one attached hydrogen (secondary N) is 1. The highest BCUT2D eigenvalue weighted by molar-refractivity contribution is 9.10. The Labute approximate surface area is 121 Å². The van der Waals surface area contributed by atoms with E-state index in [0.717, 1.165) is 16.8 Å². The Morgan fingerprint density at radius 2 is 2.05 bits per heavy atom. The molecule has 1 aromatic carbocycles. The third kappa shape index (κ3) is 3.35. The molecule has 5 nitrogen and oxygen atoms in total. The minimum atomic E-state index is 0.265. The molecule has 0 aliphatic rings. The van der Waals surface area contributed by atoms with Crippen molar-refractivity contribution in [3.05, 3.63) is 40.4 Å². The summed E-state index contributed by atoms with van der Waals surface area (Å²) >= 11 is 3.54. The highest BCUT2D eigenvalue weighted by Crippen LogP contribution is 2.21. The quantitative estimate of drug-likeness (QED) is 0.905. The Bertz CT molecular complexity index is 573. The highest BCUT2D eigenvalue weighted by atomic mass is 79.9. The summed E-state index contributed by atoms with van der Waals surface area (Å²) in [6, 6.07) is 9.98. The minimum Gasteiger partial charge on any atom is -0.373 e. The maximum atomic E-state index is 5.70. The number of aromatic nitrogens is 2. The van der Waals surface area contributed by atoms with E-state index in [9.17, 15) is 0 Å². The summed E-state index contributed by atoms with van der Waals surface area (Å²) < 4.78 is 1.08. The molecule has 3 N–H and O–H groups in total. The highest BCUT2D eigenvalue weighted by Gasteiger charge is 2.08. The second kappa shape index (κ2) is 5.88. The molecular formula is C13H16BrN5. The Hall–Kier alpha value is -1.82. The van der Waals surface area contributed by atoms with Gasteiger partial charge in [0.2, 0.25) is 5.95 Å². The Balaban J connectivity index is 2.22. The number of benzene rings is 1. The zero-order chi connectivity index (χ0) is 13.8. The summed E-state index contributed by atoms with van der Waals surface area (Å²) in [4.78, 5) is 10.4. The van der Waals surface area contributed by atoms with E-state index < -0.39 is 0 Å². The van der Waals surface area contributed by atoms with E-state index in [0.29, 0.717) is 5.82 Å². The number of nitrogens with zero attached hydrogens (tertiary/aromatic N) is 3. The van der Waals surface area contributed by atoms with Crippen LogP contribution in [0.1, 0.15) is 5.56 Å². The molecule has 0 radical (unpaired) electrons. The number of nitrogen functional groups attached to an aromatic ring is 1. The molecule has 6 heteroatoms. The van der Waals surface area contributed by atoms with Gasteiger partial charge in [0.05, 0.1) is 0 Å². The second-order valence-electron chi connectivity index (χ2n) is 4.17. The van der Waals surface area contributed by atoms with Gasteiger partial charge in [0.1, 0.15) is 11.6 Å². The van der Waals surface area contributed by atoms with Gasteiger partial charge in [0, 0.05) is 31.2 Å². The van der Waals surface area contributed by atoms with Crippen molar-refractivity contribution in [2.24, 2.45) is 0 Å². The number of rotatable bonds is 4. The molecular weight excluding hydrogens is 306 g/mol. The lowest BCUT2D eigenvalue weighted by molar-refractivity contribution is 0.890. The van der Waals surface area contributed by atoms with Crippen LogP contribution >= 0.6 is 15.9 Å². The first-order valence-electron chi connectivity index (χ1n) is 5.87. The summed E-state index contributed by atoms with van der Waals surface area (Å²) in [5.41, 5.74) is 6.89. The normalized spacial score (nSPS) is 10.3. The minimum absolute atomic E-state index is 0.265. The molecule has 0 amide bonds. The van der Waals surface area contributed by atoms with E-state index in [1.54, 1.807) is 7.05 Å². The molecule has 2 rings (SSSR count). The molecule has 0 saturated carbocycles. The monoisotopic (exact) mass is 321 g/mol. The van der Waals surface area contributed by atoms with Gasteiger partial charge in [-0.25, -0.2) is 0 Å². The van der Waals surface area contributed by atoms with Gasteiger partial charge < -0.3 is 16.0 Å². The van der Waals surface area contributed by atoms with Crippen LogP contribution < -0.4 is 16.0 Å². The van der Waals surface area contributed by atoms with Gasteiger partial charge >= 0.3 is 0 Å². The van der Waals surface area contributed by atoms with E-state index in [4.69, 9.17) is 5.73 Å². The fraction of sp³-hybridized carbons (Fsp3) is 0.231. The molecule has 1 aromatic heterocycles. The molecule has 19 heavy (non-hydrogen) atoms. The Kier molecular flexibility index (Phi) is 4.21. The fourth-order valence-electron chi connectivity index (χ4n) is 1.74. The molecule has 0 saturated heterocycles. The second-order valence-corrected chi connectivity index (χ2v) is 5.02. The molecule has 2 aromatic rings. The first kappa shape index (κ1) is 13.6. The zero-order valence-electron chi connectivity index (χ0n) is 10.9. The van der Waals surface area contributed by atoms with Crippen molar-refractivity contribution in [1.82, 2.24) is 9.97 Å². The van der Waals surface area contributed by atoms with E-state index >= 15 is 0 Å². The smallest absolute Gasteiger partial charge is 0.223 e. The molecule has 0 atom stereocenters. The van der Waals surface area contributed by atoms with Crippen LogP contribution in [0.25, 0.3) is 0 Å². The van der Waals surface area contributed by atoms with Gasteiger partial charge in [-0.2, -0.15) is 9.97 Å². The van der Waals surface area contributed by atoms with Gasteiger partial charge in [0.15, 0.2) is 0 Å². The van der Waals surface area contributed by atoms with Crippen molar-refractivity contribution in [3.8, 4) is 0 Å². The first-order valence-corrected chi connectivity index (χ1v) is 6.66. The van der Waals surface area contributed by atoms with Crippen molar-refractivity contribution in [2.45, 2.75) is 6.54 Å². The number of halogens is 1. The SMILES string of the molecule is CNc1cc(N(C)Cc2ccccc2Br)nc(N)n1. The number of hydrogen-bond acceptors (Lipinski definition) is 5. The average Bonchev–Trinajstić information content (AvgIpc) is 2.40. The zero-order valence-corrected chi connectivity index (χ0v) is 12.5. The molecule has 0 bridgehead atoms. The molecule has 0 spiro atoms. The topological polar surface area (TPSA) is 67.1 Å². The molecule has 0 unspecified atom stereocenters. The van der Waals surface area contributed by atoms with Gasteiger partial charge in [-0.3, -0.25) is 0 Å². The molecule has 1 heterocycles. The fourth-order valence-corrected chi connectivity index (χ4v) is 2.15. The van der Waals surface area contributed by atoms with E-state index in [-0.39, 0.29) is 5.95 Å².